The lowest BCUT2D eigenvalue weighted by molar-refractivity contribution is 0.0458. The smallest absolute Gasteiger partial charge is 0.138 e. The number of ether oxygens (including phenoxy) is 1. The molecule has 23 heavy (non-hydrogen) atoms. The Morgan fingerprint density at radius 2 is 1.96 bits per heavy atom. The number of imidazole rings is 1. The zero-order chi connectivity index (χ0) is 15.6. The highest BCUT2D eigenvalue weighted by Crippen LogP contribution is 2.27. The van der Waals surface area contributed by atoms with E-state index in [4.69, 9.17) is 4.74 Å². The van der Waals surface area contributed by atoms with Crippen molar-refractivity contribution in [1.82, 2.24) is 9.97 Å². The molecule has 1 heterocycles. The maximum absolute atomic E-state index is 13.7. The lowest BCUT2D eigenvalue weighted by Crippen LogP contribution is -2.08. The standard InChI is InChI=1S/C19H19FN2O/c20-14-9-10-16(13(11-14)12-23-15-5-1-2-6-15)19-21-17-7-3-4-8-18(17)22-19/h3-4,7-11,15H,1-2,5-6,12H2,(H,21,22). The molecule has 0 amide bonds. The molecule has 3 aromatic rings. The molecule has 1 aromatic heterocycles. The second kappa shape index (κ2) is 6.13. The van der Waals surface area contributed by atoms with E-state index in [0.717, 1.165) is 40.8 Å². The van der Waals surface area contributed by atoms with Gasteiger partial charge in [0.2, 0.25) is 0 Å². The van der Waals surface area contributed by atoms with Gasteiger partial charge in [-0.2, -0.15) is 0 Å². The Labute approximate surface area is 134 Å². The molecule has 118 valence electrons. The van der Waals surface area contributed by atoms with E-state index in [0.29, 0.717) is 12.7 Å². The van der Waals surface area contributed by atoms with E-state index < -0.39 is 0 Å². The molecule has 0 saturated heterocycles. The van der Waals surface area contributed by atoms with Gasteiger partial charge in [0.15, 0.2) is 0 Å². The number of nitrogens with zero attached hydrogens (tertiary/aromatic N) is 1. The topological polar surface area (TPSA) is 37.9 Å². The number of halogens is 1. The van der Waals surface area contributed by atoms with Gasteiger partial charge in [0.05, 0.1) is 23.7 Å². The summed E-state index contributed by atoms with van der Waals surface area (Å²) in [6, 6.07) is 12.7. The number of nitrogens with one attached hydrogen (secondary N) is 1. The van der Waals surface area contributed by atoms with Crippen molar-refractivity contribution in [2.75, 3.05) is 0 Å². The molecule has 1 aliphatic rings. The van der Waals surface area contributed by atoms with E-state index in [1.54, 1.807) is 12.1 Å². The minimum atomic E-state index is -0.241. The first-order valence-electron chi connectivity index (χ1n) is 8.15. The first kappa shape index (κ1) is 14.4. The summed E-state index contributed by atoms with van der Waals surface area (Å²) in [5, 5.41) is 0. The van der Waals surface area contributed by atoms with E-state index in [-0.39, 0.29) is 5.82 Å². The van der Waals surface area contributed by atoms with Gasteiger partial charge >= 0.3 is 0 Å². The van der Waals surface area contributed by atoms with Crippen molar-refractivity contribution in [3.8, 4) is 11.4 Å². The van der Waals surface area contributed by atoms with E-state index in [9.17, 15) is 4.39 Å². The SMILES string of the molecule is Fc1ccc(-c2nc3ccccc3[nH]2)c(COC2CCCC2)c1. The van der Waals surface area contributed by atoms with Gasteiger partial charge < -0.3 is 9.72 Å². The van der Waals surface area contributed by atoms with Crippen LogP contribution in [0.3, 0.4) is 0 Å². The fourth-order valence-corrected chi connectivity index (χ4v) is 3.26. The van der Waals surface area contributed by atoms with E-state index in [2.05, 4.69) is 9.97 Å². The third-order valence-electron chi connectivity index (χ3n) is 4.49. The van der Waals surface area contributed by atoms with Gasteiger partial charge in [-0.15, -0.1) is 0 Å². The number of rotatable bonds is 4. The van der Waals surface area contributed by atoms with Crippen LogP contribution in [-0.2, 0) is 11.3 Å². The molecule has 0 atom stereocenters. The summed E-state index contributed by atoms with van der Waals surface area (Å²) in [7, 11) is 0. The number of hydrogen-bond donors (Lipinski definition) is 1. The summed E-state index contributed by atoms with van der Waals surface area (Å²) in [5.74, 6) is 0.520. The first-order valence-corrected chi connectivity index (χ1v) is 8.15. The van der Waals surface area contributed by atoms with E-state index in [1.165, 1.54) is 18.9 Å². The Morgan fingerprint density at radius 1 is 1.13 bits per heavy atom. The maximum Gasteiger partial charge on any atom is 0.138 e. The molecule has 0 radical (unpaired) electrons. The number of hydrogen-bond acceptors (Lipinski definition) is 2. The molecule has 0 spiro atoms. The summed E-state index contributed by atoms with van der Waals surface area (Å²) < 4.78 is 19.7. The average molecular weight is 310 g/mol. The van der Waals surface area contributed by atoms with Crippen molar-refractivity contribution >= 4 is 11.0 Å². The Bertz CT molecular complexity index is 788. The van der Waals surface area contributed by atoms with Crippen molar-refractivity contribution in [3.63, 3.8) is 0 Å². The molecule has 0 aliphatic heterocycles. The summed E-state index contributed by atoms with van der Waals surface area (Å²) in [6.07, 6.45) is 4.97. The van der Waals surface area contributed by atoms with Crippen LogP contribution in [0.2, 0.25) is 0 Å². The van der Waals surface area contributed by atoms with E-state index >= 15 is 0 Å². The molecular weight excluding hydrogens is 291 g/mol. The lowest BCUT2D eigenvalue weighted by Gasteiger charge is -2.13. The number of H-pyrrole nitrogens is 1. The molecule has 0 unspecified atom stereocenters. The van der Waals surface area contributed by atoms with Crippen LogP contribution in [0.5, 0.6) is 0 Å². The summed E-state index contributed by atoms with van der Waals surface area (Å²) in [6.45, 7) is 0.425. The molecule has 1 fully saturated rings. The van der Waals surface area contributed by atoms with Gasteiger partial charge in [-0.05, 0) is 48.7 Å². The van der Waals surface area contributed by atoms with Crippen LogP contribution in [0.25, 0.3) is 22.4 Å². The van der Waals surface area contributed by atoms with Crippen molar-refractivity contribution in [3.05, 3.63) is 53.8 Å². The minimum absolute atomic E-state index is 0.241. The minimum Gasteiger partial charge on any atom is -0.374 e. The predicted molar refractivity (Wildman–Crippen MR) is 88.5 cm³/mol. The summed E-state index contributed by atoms with van der Waals surface area (Å²) >= 11 is 0. The molecular formula is C19H19FN2O. The Kier molecular flexibility index (Phi) is 3.83. The van der Waals surface area contributed by atoms with Crippen molar-refractivity contribution in [2.45, 2.75) is 38.4 Å². The zero-order valence-corrected chi connectivity index (χ0v) is 12.9. The normalized spacial score (nSPS) is 15.5. The van der Waals surface area contributed by atoms with Crippen LogP contribution in [-0.4, -0.2) is 16.1 Å². The third kappa shape index (κ3) is 2.99. The number of benzene rings is 2. The van der Waals surface area contributed by atoms with Crippen molar-refractivity contribution in [1.29, 1.82) is 0 Å². The molecule has 4 heteroatoms. The molecule has 2 aromatic carbocycles. The van der Waals surface area contributed by atoms with Crippen LogP contribution in [0, 0.1) is 5.82 Å². The summed E-state index contributed by atoms with van der Waals surface area (Å²) in [5.41, 5.74) is 3.64. The molecule has 0 bridgehead atoms. The first-order chi connectivity index (χ1) is 11.3. The van der Waals surface area contributed by atoms with Gasteiger partial charge in [-0.1, -0.05) is 25.0 Å². The molecule has 4 rings (SSSR count). The predicted octanol–water partition coefficient (Wildman–Crippen LogP) is 4.83. The maximum atomic E-state index is 13.7. The second-order valence-corrected chi connectivity index (χ2v) is 6.12. The Balaban J connectivity index is 1.66. The van der Waals surface area contributed by atoms with Crippen molar-refractivity contribution < 1.29 is 9.13 Å². The zero-order valence-electron chi connectivity index (χ0n) is 12.9. The van der Waals surface area contributed by atoms with Gasteiger partial charge in [-0.25, -0.2) is 9.37 Å². The number of aromatic nitrogens is 2. The Morgan fingerprint density at radius 3 is 2.78 bits per heavy atom. The van der Waals surface area contributed by atoms with Gasteiger partial charge in [-0.3, -0.25) is 0 Å². The number of fused-ring (bicyclic) bond motifs is 1. The van der Waals surface area contributed by atoms with Crippen molar-refractivity contribution in [2.24, 2.45) is 0 Å². The van der Waals surface area contributed by atoms with Crippen LogP contribution < -0.4 is 0 Å². The monoisotopic (exact) mass is 310 g/mol. The van der Waals surface area contributed by atoms with Crippen LogP contribution in [0.1, 0.15) is 31.2 Å². The van der Waals surface area contributed by atoms with Crippen LogP contribution in [0.15, 0.2) is 42.5 Å². The van der Waals surface area contributed by atoms with E-state index in [1.807, 2.05) is 24.3 Å². The van der Waals surface area contributed by atoms with Crippen LogP contribution >= 0.6 is 0 Å². The van der Waals surface area contributed by atoms with Gasteiger partial charge in [0, 0.05) is 5.56 Å². The van der Waals surface area contributed by atoms with Gasteiger partial charge in [0.1, 0.15) is 11.6 Å². The largest absolute Gasteiger partial charge is 0.374 e. The second-order valence-electron chi connectivity index (χ2n) is 6.12. The average Bonchev–Trinajstić information content (AvgIpc) is 3.22. The molecule has 1 saturated carbocycles. The number of para-hydroxylation sites is 2. The van der Waals surface area contributed by atoms with Gasteiger partial charge in [0.25, 0.3) is 0 Å². The fourth-order valence-electron chi connectivity index (χ4n) is 3.26. The fraction of sp³-hybridized carbons (Fsp3) is 0.316. The lowest BCUT2D eigenvalue weighted by atomic mass is 10.1. The highest BCUT2D eigenvalue weighted by atomic mass is 19.1. The molecule has 1 N–H and O–H groups in total. The number of aromatic amines is 1. The van der Waals surface area contributed by atoms with Crippen LogP contribution in [0.4, 0.5) is 4.39 Å². The quantitative estimate of drug-likeness (QED) is 0.749. The Hall–Kier alpha value is -2.20. The molecule has 3 nitrogen and oxygen atoms in total. The highest BCUT2D eigenvalue weighted by molar-refractivity contribution is 5.79. The highest BCUT2D eigenvalue weighted by Gasteiger charge is 2.17. The summed E-state index contributed by atoms with van der Waals surface area (Å²) in [4.78, 5) is 7.93. The third-order valence-corrected chi connectivity index (χ3v) is 4.49. The molecule has 1 aliphatic carbocycles.